The van der Waals surface area contributed by atoms with Crippen LogP contribution in [0.1, 0.15) is 25.0 Å². The van der Waals surface area contributed by atoms with Crippen molar-refractivity contribution in [3.8, 4) is 23.5 Å². The van der Waals surface area contributed by atoms with Gasteiger partial charge < -0.3 is 10.1 Å². The minimum atomic E-state index is -0.812. The highest BCUT2D eigenvalue weighted by Crippen LogP contribution is 2.38. The number of rotatable bonds is 5. The summed E-state index contributed by atoms with van der Waals surface area (Å²) >= 11 is 3.63. The number of hydrogen-bond acceptors (Lipinski definition) is 4. The first-order valence-electron chi connectivity index (χ1n) is 9.04. The van der Waals surface area contributed by atoms with Gasteiger partial charge in [-0.2, -0.15) is 0 Å². The van der Waals surface area contributed by atoms with Crippen LogP contribution in [0.2, 0.25) is 0 Å². The minimum Gasteiger partial charge on any atom is -0.468 e. The molecule has 0 fully saturated rings. The standard InChI is InChI=1S/C24H21BrN2O2/c1-5-16-9-6-7-12-21(16)27-22-19(10-8-11-20(22)25)17-13-18(15-26-14-17)24(2,3)23(28)29-4/h1,6-15,27H,2-4H3. The number of benzene rings is 2. The van der Waals surface area contributed by atoms with Crippen LogP contribution in [-0.2, 0) is 14.9 Å². The lowest BCUT2D eigenvalue weighted by Gasteiger charge is -2.22. The maximum atomic E-state index is 12.2. The summed E-state index contributed by atoms with van der Waals surface area (Å²) in [4.78, 5) is 16.6. The molecule has 4 nitrogen and oxygen atoms in total. The van der Waals surface area contributed by atoms with E-state index in [4.69, 9.17) is 11.2 Å². The molecule has 0 aliphatic rings. The van der Waals surface area contributed by atoms with Gasteiger partial charge in [-0.3, -0.25) is 9.78 Å². The predicted molar refractivity (Wildman–Crippen MR) is 120 cm³/mol. The molecule has 1 heterocycles. The van der Waals surface area contributed by atoms with Crippen molar-refractivity contribution in [3.05, 3.63) is 76.5 Å². The summed E-state index contributed by atoms with van der Waals surface area (Å²) in [6.45, 7) is 3.64. The number of anilines is 2. The lowest BCUT2D eigenvalue weighted by Crippen LogP contribution is -2.30. The Morgan fingerprint density at radius 1 is 1.17 bits per heavy atom. The molecule has 0 saturated heterocycles. The van der Waals surface area contributed by atoms with Crippen molar-refractivity contribution < 1.29 is 9.53 Å². The molecule has 3 aromatic rings. The normalized spacial score (nSPS) is 10.9. The fourth-order valence-electron chi connectivity index (χ4n) is 3.05. The van der Waals surface area contributed by atoms with Crippen LogP contribution in [0.5, 0.6) is 0 Å². The van der Waals surface area contributed by atoms with E-state index in [1.807, 2.05) is 62.4 Å². The molecule has 1 N–H and O–H groups in total. The van der Waals surface area contributed by atoms with E-state index in [0.29, 0.717) is 0 Å². The third-order valence-corrected chi connectivity index (χ3v) is 5.48. The molecule has 0 amide bonds. The number of nitrogens with zero attached hydrogens (tertiary/aromatic N) is 1. The van der Waals surface area contributed by atoms with Crippen LogP contribution in [0, 0.1) is 12.3 Å². The number of halogens is 1. The number of esters is 1. The lowest BCUT2D eigenvalue weighted by molar-refractivity contribution is -0.146. The maximum Gasteiger partial charge on any atom is 0.315 e. The van der Waals surface area contributed by atoms with Crippen LogP contribution in [-0.4, -0.2) is 18.1 Å². The summed E-state index contributed by atoms with van der Waals surface area (Å²) < 4.78 is 5.85. The second-order valence-corrected chi connectivity index (χ2v) is 7.91. The van der Waals surface area contributed by atoms with Crippen LogP contribution in [0.15, 0.2) is 65.4 Å². The molecule has 0 atom stereocenters. The molecule has 0 unspecified atom stereocenters. The largest absolute Gasteiger partial charge is 0.468 e. The second kappa shape index (κ2) is 8.50. The zero-order valence-electron chi connectivity index (χ0n) is 16.5. The molecule has 0 spiro atoms. The van der Waals surface area contributed by atoms with Crippen molar-refractivity contribution in [2.45, 2.75) is 19.3 Å². The summed E-state index contributed by atoms with van der Waals surface area (Å²) in [5.74, 6) is 2.39. The highest BCUT2D eigenvalue weighted by Gasteiger charge is 2.31. The van der Waals surface area contributed by atoms with E-state index in [0.717, 1.165) is 38.1 Å². The molecule has 0 aliphatic carbocycles. The Labute approximate surface area is 179 Å². The van der Waals surface area contributed by atoms with Crippen molar-refractivity contribution in [2.75, 3.05) is 12.4 Å². The van der Waals surface area contributed by atoms with Gasteiger partial charge in [-0.1, -0.05) is 30.2 Å². The van der Waals surface area contributed by atoms with E-state index in [2.05, 4.69) is 32.2 Å². The number of terminal acetylenes is 1. The van der Waals surface area contributed by atoms with Gasteiger partial charge in [-0.15, -0.1) is 6.42 Å². The van der Waals surface area contributed by atoms with E-state index >= 15 is 0 Å². The zero-order valence-corrected chi connectivity index (χ0v) is 18.1. The zero-order chi connectivity index (χ0) is 21.0. The number of pyridine rings is 1. The van der Waals surface area contributed by atoms with Gasteiger partial charge in [0.25, 0.3) is 0 Å². The van der Waals surface area contributed by atoms with Crippen LogP contribution < -0.4 is 5.32 Å². The van der Waals surface area contributed by atoms with Crippen LogP contribution >= 0.6 is 15.9 Å². The van der Waals surface area contributed by atoms with E-state index < -0.39 is 5.41 Å². The molecule has 5 heteroatoms. The number of carbonyl (C=O) groups is 1. The van der Waals surface area contributed by atoms with Crippen molar-refractivity contribution in [2.24, 2.45) is 0 Å². The van der Waals surface area contributed by atoms with Crippen LogP contribution in [0.4, 0.5) is 11.4 Å². The van der Waals surface area contributed by atoms with Gasteiger partial charge in [-0.05, 0) is 59.6 Å². The summed E-state index contributed by atoms with van der Waals surface area (Å²) in [7, 11) is 1.39. The van der Waals surface area contributed by atoms with Gasteiger partial charge in [0, 0.05) is 33.6 Å². The molecule has 0 saturated carbocycles. The number of methoxy groups -OCH3 is 1. The fourth-order valence-corrected chi connectivity index (χ4v) is 3.51. The molecule has 0 radical (unpaired) electrons. The third-order valence-electron chi connectivity index (χ3n) is 4.82. The maximum absolute atomic E-state index is 12.2. The molecule has 29 heavy (non-hydrogen) atoms. The summed E-state index contributed by atoms with van der Waals surface area (Å²) in [5.41, 5.74) is 4.24. The molecule has 146 valence electrons. The highest BCUT2D eigenvalue weighted by molar-refractivity contribution is 9.10. The van der Waals surface area contributed by atoms with Gasteiger partial charge >= 0.3 is 5.97 Å². The van der Waals surface area contributed by atoms with E-state index in [1.165, 1.54) is 7.11 Å². The van der Waals surface area contributed by atoms with Gasteiger partial charge in [0.1, 0.15) is 0 Å². The molecule has 3 rings (SSSR count). The van der Waals surface area contributed by atoms with Gasteiger partial charge in [0.2, 0.25) is 0 Å². The molecule has 0 aliphatic heterocycles. The first-order valence-corrected chi connectivity index (χ1v) is 9.83. The topological polar surface area (TPSA) is 51.2 Å². The Morgan fingerprint density at radius 2 is 1.93 bits per heavy atom. The first-order chi connectivity index (χ1) is 13.9. The average Bonchev–Trinajstić information content (AvgIpc) is 2.74. The summed E-state index contributed by atoms with van der Waals surface area (Å²) in [6.07, 6.45) is 9.11. The summed E-state index contributed by atoms with van der Waals surface area (Å²) in [6, 6.07) is 15.5. The second-order valence-electron chi connectivity index (χ2n) is 7.06. The highest BCUT2D eigenvalue weighted by atomic mass is 79.9. The number of carbonyl (C=O) groups excluding carboxylic acids is 1. The number of nitrogens with one attached hydrogen (secondary N) is 1. The summed E-state index contributed by atoms with van der Waals surface area (Å²) in [5, 5.41) is 3.44. The van der Waals surface area contributed by atoms with Gasteiger partial charge in [0.15, 0.2) is 0 Å². The van der Waals surface area contributed by atoms with Crippen LogP contribution in [0.25, 0.3) is 11.1 Å². The van der Waals surface area contributed by atoms with Crippen LogP contribution in [0.3, 0.4) is 0 Å². The fraction of sp³-hybridized carbons (Fsp3) is 0.167. The monoisotopic (exact) mass is 448 g/mol. The predicted octanol–water partition coefficient (Wildman–Crippen LogP) is 5.69. The minimum absolute atomic E-state index is 0.313. The quantitative estimate of drug-likeness (QED) is 0.402. The molecule has 2 aromatic carbocycles. The number of aromatic nitrogens is 1. The lowest BCUT2D eigenvalue weighted by atomic mass is 9.84. The Bertz CT molecular complexity index is 1100. The van der Waals surface area contributed by atoms with E-state index in [9.17, 15) is 4.79 Å². The Balaban J connectivity index is 2.10. The van der Waals surface area contributed by atoms with Gasteiger partial charge in [-0.25, -0.2) is 0 Å². The molecule has 1 aromatic heterocycles. The Kier molecular flexibility index (Phi) is 6.05. The van der Waals surface area contributed by atoms with Crippen molar-refractivity contribution in [3.63, 3.8) is 0 Å². The third kappa shape index (κ3) is 4.18. The molecular weight excluding hydrogens is 428 g/mol. The first kappa shape index (κ1) is 20.6. The molecule has 0 bridgehead atoms. The number of para-hydroxylation sites is 2. The number of hydrogen-bond donors (Lipinski definition) is 1. The van der Waals surface area contributed by atoms with Crippen molar-refractivity contribution >= 4 is 33.3 Å². The van der Waals surface area contributed by atoms with Gasteiger partial charge in [0.05, 0.1) is 23.9 Å². The van der Waals surface area contributed by atoms with Crippen molar-refractivity contribution in [1.82, 2.24) is 4.98 Å². The molecular formula is C24H21BrN2O2. The SMILES string of the molecule is C#Cc1ccccc1Nc1c(Br)cccc1-c1cncc(C(C)(C)C(=O)OC)c1. The average molecular weight is 449 g/mol. The van der Waals surface area contributed by atoms with E-state index in [1.54, 1.807) is 12.4 Å². The Hall–Kier alpha value is -3.10. The van der Waals surface area contributed by atoms with Crippen molar-refractivity contribution in [1.29, 1.82) is 0 Å². The van der Waals surface area contributed by atoms with E-state index in [-0.39, 0.29) is 5.97 Å². The Morgan fingerprint density at radius 3 is 2.66 bits per heavy atom. The number of ether oxygens (including phenoxy) is 1. The smallest absolute Gasteiger partial charge is 0.315 e.